The number of rotatable bonds is 13. The molecule has 5 N–H and O–H groups in total. The van der Waals surface area contributed by atoms with E-state index in [9.17, 15) is 28.8 Å². The Labute approximate surface area is 295 Å². The molecule has 50 heavy (non-hydrogen) atoms. The number of Topliss-reactive ketones (excluding diaryl/α,β-unsaturated/α-hetero) is 1. The van der Waals surface area contributed by atoms with Crippen molar-refractivity contribution in [2.24, 2.45) is 34.8 Å². The minimum absolute atomic E-state index is 0.0309. The van der Waals surface area contributed by atoms with E-state index in [-0.39, 0.29) is 36.2 Å². The molecule has 2 fully saturated rings. The van der Waals surface area contributed by atoms with Gasteiger partial charge in [-0.15, -0.1) is 0 Å². The lowest BCUT2D eigenvalue weighted by molar-refractivity contribution is -0.144. The second-order valence-corrected chi connectivity index (χ2v) is 15.9. The molecule has 13 heteroatoms. The van der Waals surface area contributed by atoms with Crippen molar-refractivity contribution in [2.45, 2.75) is 104 Å². The first-order chi connectivity index (χ1) is 23.5. The van der Waals surface area contributed by atoms with Gasteiger partial charge in [-0.25, -0.2) is 9.59 Å². The van der Waals surface area contributed by atoms with Crippen molar-refractivity contribution < 1.29 is 33.5 Å². The van der Waals surface area contributed by atoms with Gasteiger partial charge in [0, 0.05) is 20.6 Å². The summed E-state index contributed by atoms with van der Waals surface area (Å²) >= 11 is 0. The molecule has 0 radical (unpaired) electrons. The maximum Gasteiger partial charge on any atom is 0.409 e. The summed E-state index contributed by atoms with van der Waals surface area (Å²) in [6.07, 6.45) is 4.32. The fourth-order valence-corrected chi connectivity index (χ4v) is 7.34. The van der Waals surface area contributed by atoms with E-state index in [1.807, 2.05) is 58.9 Å². The lowest BCUT2D eigenvalue weighted by Gasteiger charge is -2.36. The lowest BCUT2D eigenvalue weighted by Crippen LogP contribution is -2.61. The molecule has 1 aromatic rings. The number of nitrogens with two attached hydrogens (primary N) is 1. The predicted molar refractivity (Wildman–Crippen MR) is 188 cm³/mol. The minimum atomic E-state index is -1.10. The maximum absolute atomic E-state index is 14.7. The Hall–Kier alpha value is -4.16. The quantitative estimate of drug-likeness (QED) is 0.229. The van der Waals surface area contributed by atoms with Crippen LogP contribution in [0, 0.1) is 29.1 Å². The normalized spacial score (nSPS) is 21.0. The van der Waals surface area contributed by atoms with Gasteiger partial charge >= 0.3 is 12.1 Å². The number of hydrogen-bond acceptors (Lipinski definition) is 7. The number of amides is 6. The summed E-state index contributed by atoms with van der Waals surface area (Å²) in [6, 6.07) is 3.82. The number of nitrogens with one attached hydrogen (secondary N) is 3. The molecule has 0 bridgehead atoms. The van der Waals surface area contributed by atoms with Crippen molar-refractivity contribution in [1.82, 2.24) is 25.8 Å². The van der Waals surface area contributed by atoms with Crippen molar-refractivity contribution in [1.29, 1.82) is 0 Å². The highest BCUT2D eigenvalue weighted by Crippen LogP contribution is 2.35. The van der Waals surface area contributed by atoms with Gasteiger partial charge in [-0.3, -0.25) is 19.2 Å². The first-order valence-corrected chi connectivity index (χ1v) is 17.9. The van der Waals surface area contributed by atoms with Crippen LogP contribution in [0.4, 0.5) is 9.59 Å². The summed E-state index contributed by atoms with van der Waals surface area (Å²) in [5.74, 6) is -3.07. The molecule has 276 valence electrons. The Kier molecular flexibility index (Phi) is 12.6. The van der Waals surface area contributed by atoms with E-state index in [2.05, 4.69) is 16.0 Å². The third-order valence-corrected chi connectivity index (χ3v) is 10.7. The van der Waals surface area contributed by atoms with E-state index in [1.165, 1.54) is 4.90 Å². The number of ketones is 1. The van der Waals surface area contributed by atoms with Gasteiger partial charge in [-0.1, -0.05) is 78.1 Å². The molecule has 1 saturated heterocycles. The van der Waals surface area contributed by atoms with E-state index in [1.54, 1.807) is 19.0 Å². The Morgan fingerprint density at radius 3 is 2.08 bits per heavy atom. The molecule has 6 amide bonds. The highest BCUT2D eigenvalue weighted by Gasteiger charge is 2.48. The zero-order valence-electron chi connectivity index (χ0n) is 30.6. The van der Waals surface area contributed by atoms with Crippen LogP contribution in [0.5, 0.6) is 0 Å². The molecule has 13 nitrogen and oxygen atoms in total. The van der Waals surface area contributed by atoms with E-state index in [0.717, 1.165) is 30.4 Å². The number of carbonyl (C=O) groups is 6. The van der Waals surface area contributed by atoms with Gasteiger partial charge in [0.25, 0.3) is 5.91 Å². The highest BCUT2D eigenvalue weighted by molar-refractivity contribution is 6.37. The van der Waals surface area contributed by atoms with Gasteiger partial charge < -0.3 is 36.2 Å². The molecule has 1 aliphatic heterocycles. The van der Waals surface area contributed by atoms with Gasteiger partial charge in [0.15, 0.2) is 0 Å². The molecule has 0 aromatic heterocycles. The van der Waals surface area contributed by atoms with Crippen LogP contribution in [0.1, 0.15) is 77.8 Å². The summed E-state index contributed by atoms with van der Waals surface area (Å²) in [5, 5.41) is 8.72. The smallest absolute Gasteiger partial charge is 0.409 e. The van der Waals surface area contributed by atoms with E-state index in [4.69, 9.17) is 10.5 Å². The van der Waals surface area contributed by atoms with Gasteiger partial charge in [-0.2, -0.15) is 0 Å². The Morgan fingerprint density at radius 1 is 0.960 bits per heavy atom. The second kappa shape index (κ2) is 16.2. The van der Waals surface area contributed by atoms with Crippen LogP contribution in [0.3, 0.4) is 0 Å². The molecule has 4 rings (SSSR count). The van der Waals surface area contributed by atoms with Crippen LogP contribution in [-0.2, 0) is 36.8 Å². The fraction of sp³-hybridized carbons (Fsp3) is 0.676. The monoisotopic (exact) mass is 696 g/mol. The number of carbonyl (C=O) groups excluding carboxylic acids is 6. The predicted octanol–water partition coefficient (Wildman–Crippen LogP) is 2.78. The van der Waals surface area contributed by atoms with Gasteiger partial charge in [0.05, 0.1) is 12.1 Å². The zero-order chi connectivity index (χ0) is 36.9. The standard InChI is InChI=1S/C37H56N6O7/c1-21(2)26-15-16-43(30(26)33(46)39-27(31(44)32(38)45)17-22-11-10-12-22)34(47)29(25-18-23-13-8-9-14-24(23)19-25)41-35(48)40-28(37(3,4)5)20-50-36(49)42(6)7/h8-9,13-14,21-22,25-30H,10-12,15-20H2,1-7H3,(H2,38,45)(H,39,46)(H2,40,41,48)/t26?,27?,28-,29+,30+/m1/s1. The van der Waals surface area contributed by atoms with Crippen LogP contribution in [0.2, 0.25) is 0 Å². The Bertz CT molecular complexity index is 1410. The number of likely N-dealkylation sites (tertiary alicyclic amines) is 1. The number of fused-ring (bicyclic) bond motifs is 1. The fourth-order valence-electron chi connectivity index (χ4n) is 7.34. The van der Waals surface area contributed by atoms with Gasteiger partial charge in [0.2, 0.25) is 17.6 Å². The average molecular weight is 697 g/mol. The SMILES string of the molecule is CC(C)C1CCN(C(=O)[C@@H](NC(=O)N[C@H](COC(=O)N(C)C)C(C)(C)C)C2Cc3ccccc3C2)[C@@H]1C(=O)NC(CC1CCC1)C(=O)C(N)=O. The number of hydrogen-bond donors (Lipinski definition) is 4. The number of primary amides is 1. The van der Waals surface area contributed by atoms with Crippen LogP contribution in [0.15, 0.2) is 24.3 Å². The van der Waals surface area contributed by atoms with E-state index >= 15 is 0 Å². The third-order valence-electron chi connectivity index (χ3n) is 10.7. The Balaban J connectivity index is 1.60. The molecule has 0 spiro atoms. The average Bonchev–Trinajstić information content (AvgIpc) is 3.66. The minimum Gasteiger partial charge on any atom is -0.447 e. The first-order valence-electron chi connectivity index (χ1n) is 17.9. The lowest BCUT2D eigenvalue weighted by atomic mass is 9.80. The van der Waals surface area contributed by atoms with E-state index < -0.39 is 59.3 Å². The van der Waals surface area contributed by atoms with Gasteiger partial charge in [-0.05, 0) is 65.9 Å². The largest absolute Gasteiger partial charge is 0.447 e. The molecular weight excluding hydrogens is 640 g/mol. The zero-order valence-corrected chi connectivity index (χ0v) is 30.6. The summed E-state index contributed by atoms with van der Waals surface area (Å²) in [6.45, 7) is 9.95. The molecule has 1 aromatic carbocycles. The number of ether oxygens (including phenoxy) is 1. The highest BCUT2D eigenvalue weighted by atomic mass is 16.6. The number of urea groups is 1. The van der Waals surface area contributed by atoms with Crippen molar-refractivity contribution in [3.63, 3.8) is 0 Å². The molecule has 5 atom stereocenters. The first kappa shape index (κ1) is 38.6. The van der Waals surface area contributed by atoms with Crippen LogP contribution >= 0.6 is 0 Å². The van der Waals surface area contributed by atoms with Crippen molar-refractivity contribution >= 4 is 35.6 Å². The summed E-state index contributed by atoms with van der Waals surface area (Å²) in [7, 11) is 3.15. The van der Waals surface area contributed by atoms with Crippen molar-refractivity contribution in [2.75, 3.05) is 27.2 Å². The molecule has 2 unspecified atom stereocenters. The molecular formula is C37H56N6O7. The number of nitrogens with zero attached hydrogens (tertiary/aromatic N) is 2. The number of benzene rings is 1. The second-order valence-electron chi connectivity index (χ2n) is 15.9. The molecule has 3 aliphatic rings. The van der Waals surface area contributed by atoms with Crippen LogP contribution < -0.4 is 21.7 Å². The molecule has 1 saturated carbocycles. The topological polar surface area (TPSA) is 180 Å². The molecule has 2 aliphatic carbocycles. The van der Waals surface area contributed by atoms with E-state index in [0.29, 0.717) is 32.2 Å². The maximum atomic E-state index is 14.7. The van der Waals surface area contributed by atoms with Crippen molar-refractivity contribution in [3.8, 4) is 0 Å². The summed E-state index contributed by atoms with van der Waals surface area (Å²) in [5.41, 5.74) is 7.08. The summed E-state index contributed by atoms with van der Waals surface area (Å²) in [4.78, 5) is 82.4. The molecule has 1 heterocycles. The summed E-state index contributed by atoms with van der Waals surface area (Å²) < 4.78 is 5.41. The van der Waals surface area contributed by atoms with Crippen molar-refractivity contribution in [3.05, 3.63) is 35.4 Å². The van der Waals surface area contributed by atoms with Crippen LogP contribution in [0.25, 0.3) is 0 Å². The third kappa shape index (κ3) is 9.33. The van der Waals surface area contributed by atoms with Crippen LogP contribution in [-0.4, -0.2) is 96.8 Å². The Morgan fingerprint density at radius 2 is 1.58 bits per heavy atom. The van der Waals surface area contributed by atoms with Gasteiger partial charge in [0.1, 0.15) is 18.7 Å².